The van der Waals surface area contributed by atoms with E-state index in [1.807, 2.05) is 6.07 Å². The van der Waals surface area contributed by atoms with Crippen molar-refractivity contribution in [1.29, 1.82) is 0 Å². The van der Waals surface area contributed by atoms with Crippen LogP contribution in [0.25, 0.3) is 21.9 Å². The Balaban J connectivity index is 1.09. The number of para-hydroxylation sites is 1. The third-order valence-corrected chi connectivity index (χ3v) is 6.39. The molecule has 31 heavy (non-hydrogen) atoms. The van der Waals surface area contributed by atoms with Gasteiger partial charge in [-0.2, -0.15) is 0 Å². The van der Waals surface area contributed by atoms with E-state index in [9.17, 15) is 4.79 Å². The van der Waals surface area contributed by atoms with Gasteiger partial charge in [0, 0.05) is 29.6 Å². The predicted octanol–water partition coefficient (Wildman–Crippen LogP) is 3.92. The number of rotatable bonds is 6. The number of nitrogens with one attached hydrogen (secondary N) is 3. The summed E-state index contributed by atoms with van der Waals surface area (Å²) < 4.78 is 0. The fourth-order valence-corrected chi connectivity index (χ4v) is 4.62. The molecule has 4 aromatic rings. The van der Waals surface area contributed by atoms with Crippen molar-refractivity contribution in [3.63, 3.8) is 0 Å². The molecule has 3 N–H and O–H groups in total. The van der Waals surface area contributed by atoms with Crippen LogP contribution in [0.4, 0.5) is 0 Å². The maximum Gasteiger partial charge on any atom is 0.223 e. The van der Waals surface area contributed by atoms with Crippen LogP contribution < -0.4 is 5.32 Å². The van der Waals surface area contributed by atoms with Crippen LogP contribution in [0.1, 0.15) is 29.8 Å². The van der Waals surface area contributed by atoms with Gasteiger partial charge in [0.05, 0.1) is 17.6 Å². The summed E-state index contributed by atoms with van der Waals surface area (Å²) in [7, 11) is 0. The van der Waals surface area contributed by atoms with Crippen molar-refractivity contribution in [2.45, 2.75) is 32.7 Å². The van der Waals surface area contributed by atoms with Gasteiger partial charge < -0.3 is 15.3 Å². The summed E-state index contributed by atoms with van der Waals surface area (Å²) in [5, 5.41) is 4.39. The lowest BCUT2D eigenvalue weighted by molar-refractivity contribution is -0.126. The van der Waals surface area contributed by atoms with Crippen molar-refractivity contribution in [3.8, 4) is 0 Å². The molecule has 0 spiro atoms. The van der Waals surface area contributed by atoms with Crippen molar-refractivity contribution >= 4 is 27.8 Å². The summed E-state index contributed by atoms with van der Waals surface area (Å²) in [5.41, 5.74) is 5.76. The van der Waals surface area contributed by atoms with E-state index < -0.39 is 0 Å². The highest BCUT2D eigenvalue weighted by molar-refractivity contribution is 5.83. The first kappa shape index (κ1) is 19.8. The smallest absolute Gasteiger partial charge is 0.223 e. The molecular weight excluding hydrogens is 386 g/mol. The summed E-state index contributed by atoms with van der Waals surface area (Å²) >= 11 is 0. The van der Waals surface area contributed by atoms with Gasteiger partial charge in [0.1, 0.15) is 5.82 Å². The van der Waals surface area contributed by atoms with Crippen LogP contribution in [0, 0.1) is 12.8 Å². The van der Waals surface area contributed by atoms with Crippen LogP contribution in [0.3, 0.4) is 0 Å². The molecule has 5 rings (SSSR count). The Hall–Kier alpha value is -3.12. The van der Waals surface area contributed by atoms with E-state index in [1.165, 1.54) is 16.5 Å². The number of piperidine rings is 1. The van der Waals surface area contributed by atoms with Gasteiger partial charge in [-0.1, -0.05) is 24.3 Å². The minimum absolute atomic E-state index is 0.109. The molecule has 0 unspecified atom stereocenters. The quantitative estimate of drug-likeness (QED) is 0.447. The zero-order valence-corrected chi connectivity index (χ0v) is 17.9. The average molecular weight is 416 g/mol. The van der Waals surface area contributed by atoms with Crippen molar-refractivity contribution < 1.29 is 4.79 Å². The standard InChI is InChI=1S/C25H29N5O/c1-17-6-7-22-23(14-17)29-24(28-22)16-30-12-9-18(10-13-30)25(31)26-11-8-19-15-27-21-5-3-2-4-20(19)21/h2-7,14-15,18,27H,8-13,16H2,1H3,(H,26,31)(H,28,29). The molecule has 0 radical (unpaired) electrons. The highest BCUT2D eigenvalue weighted by Crippen LogP contribution is 2.21. The minimum atomic E-state index is 0.109. The van der Waals surface area contributed by atoms with Gasteiger partial charge in [0.2, 0.25) is 5.91 Å². The molecular formula is C25H29N5O. The van der Waals surface area contributed by atoms with E-state index in [4.69, 9.17) is 4.98 Å². The molecule has 6 heteroatoms. The summed E-state index contributed by atoms with van der Waals surface area (Å²) in [6.45, 7) is 5.44. The van der Waals surface area contributed by atoms with Crippen LogP contribution in [0.5, 0.6) is 0 Å². The minimum Gasteiger partial charge on any atom is -0.361 e. The van der Waals surface area contributed by atoms with Crippen LogP contribution in [0.15, 0.2) is 48.7 Å². The fourth-order valence-electron chi connectivity index (χ4n) is 4.62. The number of fused-ring (bicyclic) bond motifs is 2. The second-order valence-corrected chi connectivity index (χ2v) is 8.66. The number of carbonyl (C=O) groups excluding carboxylic acids is 1. The van der Waals surface area contributed by atoms with Crippen molar-refractivity contribution in [2.24, 2.45) is 5.92 Å². The lowest BCUT2D eigenvalue weighted by Crippen LogP contribution is -2.40. The molecule has 0 aliphatic carbocycles. The molecule has 6 nitrogen and oxygen atoms in total. The number of H-pyrrole nitrogens is 2. The van der Waals surface area contributed by atoms with E-state index in [2.05, 4.69) is 69.7 Å². The Morgan fingerprint density at radius 2 is 2.00 bits per heavy atom. The molecule has 0 bridgehead atoms. The first-order chi connectivity index (χ1) is 15.2. The van der Waals surface area contributed by atoms with E-state index in [-0.39, 0.29) is 11.8 Å². The lowest BCUT2D eigenvalue weighted by atomic mass is 9.96. The summed E-state index contributed by atoms with van der Waals surface area (Å²) in [6.07, 6.45) is 4.70. The third kappa shape index (κ3) is 4.35. The number of likely N-dealkylation sites (tertiary alicyclic amines) is 1. The molecule has 1 aliphatic heterocycles. The maximum atomic E-state index is 12.6. The van der Waals surface area contributed by atoms with E-state index in [0.717, 1.165) is 61.3 Å². The van der Waals surface area contributed by atoms with Crippen LogP contribution in [-0.4, -0.2) is 45.4 Å². The molecule has 0 atom stereocenters. The summed E-state index contributed by atoms with van der Waals surface area (Å²) in [6, 6.07) is 14.6. The molecule has 1 aliphatic rings. The molecule has 160 valence electrons. The Kier molecular flexibility index (Phi) is 5.47. The zero-order chi connectivity index (χ0) is 21.2. The van der Waals surface area contributed by atoms with Crippen LogP contribution in [-0.2, 0) is 17.8 Å². The SMILES string of the molecule is Cc1ccc2nc(CN3CCC(C(=O)NCCc4c[nH]c5ccccc45)CC3)[nH]c2c1. The topological polar surface area (TPSA) is 76.8 Å². The zero-order valence-electron chi connectivity index (χ0n) is 17.9. The van der Waals surface area contributed by atoms with Gasteiger partial charge in [-0.25, -0.2) is 4.98 Å². The molecule has 0 saturated carbocycles. The number of aryl methyl sites for hydroxylation is 1. The number of aromatic amines is 2. The second kappa shape index (κ2) is 8.55. The molecule has 2 aromatic carbocycles. The van der Waals surface area contributed by atoms with Crippen molar-refractivity contribution in [3.05, 3.63) is 65.6 Å². The normalized spacial score (nSPS) is 15.6. The third-order valence-electron chi connectivity index (χ3n) is 6.39. The molecule has 3 heterocycles. The number of nitrogens with zero attached hydrogens (tertiary/aromatic N) is 2. The first-order valence-electron chi connectivity index (χ1n) is 11.2. The monoisotopic (exact) mass is 415 g/mol. The van der Waals surface area contributed by atoms with E-state index >= 15 is 0 Å². The number of carbonyl (C=O) groups is 1. The predicted molar refractivity (Wildman–Crippen MR) is 124 cm³/mol. The van der Waals surface area contributed by atoms with Gasteiger partial charge in [-0.05, 0) is 68.6 Å². The van der Waals surface area contributed by atoms with Gasteiger partial charge in [0.15, 0.2) is 0 Å². The van der Waals surface area contributed by atoms with E-state index in [1.54, 1.807) is 0 Å². The van der Waals surface area contributed by atoms with Gasteiger partial charge in [-0.3, -0.25) is 9.69 Å². The maximum absolute atomic E-state index is 12.6. The van der Waals surface area contributed by atoms with Gasteiger partial charge in [0.25, 0.3) is 0 Å². The fraction of sp³-hybridized carbons (Fsp3) is 0.360. The molecule has 1 amide bonds. The van der Waals surface area contributed by atoms with Gasteiger partial charge in [-0.15, -0.1) is 0 Å². The Morgan fingerprint density at radius 1 is 1.16 bits per heavy atom. The summed E-state index contributed by atoms with van der Waals surface area (Å²) in [5.74, 6) is 1.30. The highest BCUT2D eigenvalue weighted by Gasteiger charge is 2.25. The number of hydrogen-bond acceptors (Lipinski definition) is 3. The Morgan fingerprint density at radius 3 is 2.87 bits per heavy atom. The largest absolute Gasteiger partial charge is 0.361 e. The Labute approximate surface area is 182 Å². The number of amides is 1. The molecule has 1 saturated heterocycles. The molecule has 2 aromatic heterocycles. The average Bonchev–Trinajstić information content (AvgIpc) is 3.37. The lowest BCUT2D eigenvalue weighted by Gasteiger charge is -2.30. The number of hydrogen-bond donors (Lipinski definition) is 3. The van der Waals surface area contributed by atoms with Crippen LogP contribution in [0.2, 0.25) is 0 Å². The Bertz CT molecular complexity index is 1200. The van der Waals surface area contributed by atoms with Crippen LogP contribution >= 0.6 is 0 Å². The van der Waals surface area contributed by atoms with Gasteiger partial charge >= 0.3 is 0 Å². The second-order valence-electron chi connectivity index (χ2n) is 8.66. The van der Waals surface area contributed by atoms with Crippen molar-refractivity contribution in [2.75, 3.05) is 19.6 Å². The molecule has 1 fully saturated rings. The number of imidazole rings is 1. The first-order valence-corrected chi connectivity index (χ1v) is 11.2. The number of benzene rings is 2. The van der Waals surface area contributed by atoms with Crippen molar-refractivity contribution in [1.82, 2.24) is 25.2 Å². The number of aromatic nitrogens is 3. The van der Waals surface area contributed by atoms with E-state index in [0.29, 0.717) is 6.54 Å². The summed E-state index contributed by atoms with van der Waals surface area (Å²) in [4.78, 5) is 26.5. The highest BCUT2D eigenvalue weighted by atomic mass is 16.1.